The van der Waals surface area contributed by atoms with Gasteiger partial charge in [-0.05, 0) is 62.6 Å². The van der Waals surface area contributed by atoms with Crippen molar-refractivity contribution < 1.29 is 14.3 Å². The van der Waals surface area contributed by atoms with Crippen LogP contribution in [-0.4, -0.2) is 45.8 Å². The first-order chi connectivity index (χ1) is 14.3. The molecule has 0 radical (unpaired) electrons. The molecule has 0 atom stereocenters. The van der Waals surface area contributed by atoms with Crippen LogP contribution in [0.5, 0.6) is 0 Å². The molecule has 2 rings (SSSR count). The van der Waals surface area contributed by atoms with E-state index in [1.165, 1.54) is 0 Å². The third kappa shape index (κ3) is 6.49. The van der Waals surface area contributed by atoms with Gasteiger partial charge in [-0.2, -0.15) is 0 Å². The number of ether oxygens (including phenoxy) is 1. The van der Waals surface area contributed by atoms with Crippen LogP contribution in [0.1, 0.15) is 34.8 Å². The van der Waals surface area contributed by atoms with Gasteiger partial charge in [-0.15, -0.1) is 0 Å². The van der Waals surface area contributed by atoms with Gasteiger partial charge in [0, 0.05) is 50.9 Å². The predicted molar refractivity (Wildman–Crippen MR) is 123 cm³/mol. The van der Waals surface area contributed by atoms with Crippen LogP contribution in [0.4, 0.5) is 21.9 Å². The van der Waals surface area contributed by atoms with Crippen molar-refractivity contribution in [3.8, 4) is 0 Å². The van der Waals surface area contributed by atoms with Crippen molar-refractivity contribution in [2.24, 2.45) is 0 Å². The number of anilines is 3. The second-order valence-electron chi connectivity index (χ2n) is 7.26. The number of nitrogens with one attached hydrogen (secondary N) is 3. The molecular weight excluding hydrogens is 380 g/mol. The standard InChI is InChI=1S/C23H32N4O3/c1-6-30-14-8-13-24-22(28)19-15-18(11-12-21(19)27(4)5)25-23(29)26-20-10-7-9-16(2)17(20)3/h7,9-12,15H,6,8,13-14H2,1-5H3,(H,24,28)(H2,25,26,29). The molecule has 0 aliphatic rings. The van der Waals surface area contributed by atoms with Gasteiger partial charge in [-0.1, -0.05) is 12.1 Å². The van der Waals surface area contributed by atoms with E-state index in [0.717, 1.165) is 28.9 Å². The van der Waals surface area contributed by atoms with E-state index in [1.807, 2.05) is 64.0 Å². The number of carbonyl (C=O) groups excluding carboxylic acids is 2. The zero-order valence-electron chi connectivity index (χ0n) is 18.5. The van der Waals surface area contributed by atoms with Crippen LogP contribution in [0.3, 0.4) is 0 Å². The van der Waals surface area contributed by atoms with E-state index < -0.39 is 0 Å². The Morgan fingerprint density at radius 1 is 1.07 bits per heavy atom. The van der Waals surface area contributed by atoms with Gasteiger partial charge < -0.3 is 25.6 Å². The quantitative estimate of drug-likeness (QED) is 0.540. The maximum atomic E-state index is 12.7. The Morgan fingerprint density at radius 2 is 1.83 bits per heavy atom. The molecule has 0 saturated heterocycles. The molecule has 0 unspecified atom stereocenters. The van der Waals surface area contributed by atoms with Crippen molar-refractivity contribution in [2.75, 3.05) is 49.4 Å². The Hall–Kier alpha value is -3.06. The summed E-state index contributed by atoms with van der Waals surface area (Å²) in [4.78, 5) is 27.0. The number of hydrogen-bond acceptors (Lipinski definition) is 4. The molecule has 0 aliphatic heterocycles. The van der Waals surface area contributed by atoms with Crippen LogP contribution in [-0.2, 0) is 4.74 Å². The van der Waals surface area contributed by atoms with Crippen LogP contribution in [0, 0.1) is 13.8 Å². The van der Waals surface area contributed by atoms with E-state index in [4.69, 9.17) is 4.74 Å². The second kappa shape index (κ2) is 11.2. The molecule has 0 heterocycles. The third-order valence-electron chi connectivity index (χ3n) is 4.79. The van der Waals surface area contributed by atoms with Crippen molar-refractivity contribution >= 4 is 29.0 Å². The molecule has 162 valence electrons. The number of urea groups is 1. The minimum absolute atomic E-state index is 0.186. The van der Waals surface area contributed by atoms with Gasteiger partial charge in [0.15, 0.2) is 0 Å². The summed E-state index contributed by atoms with van der Waals surface area (Å²) < 4.78 is 5.30. The number of carbonyl (C=O) groups is 2. The van der Waals surface area contributed by atoms with Gasteiger partial charge in [0.05, 0.1) is 5.56 Å². The summed E-state index contributed by atoms with van der Waals surface area (Å²) in [5, 5.41) is 8.59. The van der Waals surface area contributed by atoms with E-state index in [9.17, 15) is 9.59 Å². The summed E-state index contributed by atoms with van der Waals surface area (Å²) in [6.45, 7) is 7.70. The normalized spacial score (nSPS) is 10.4. The predicted octanol–water partition coefficient (Wildman–Crippen LogP) is 4.17. The van der Waals surface area contributed by atoms with E-state index in [1.54, 1.807) is 12.1 Å². The maximum absolute atomic E-state index is 12.7. The molecular formula is C23H32N4O3. The molecule has 0 fully saturated rings. The number of hydrogen-bond donors (Lipinski definition) is 3. The molecule has 3 amide bonds. The number of benzene rings is 2. The summed E-state index contributed by atoms with van der Waals surface area (Å²) >= 11 is 0. The van der Waals surface area contributed by atoms with Gasteiger partial charge >= 0.3 is 6.03 Å². The molecule has 30 heavy (non-hydrogen) atoms. The average Bonchev–Trinajstić information content (AvgIpc) is 2.71. The fourth-order valence-electron chi connectivity index (χ4n) is 2.97. The van der Waals surface area contributed by atoms with Gasteiger partial charge in [0.2, 0.25) is 0 Å². The van der Waals surface area contributed by atoms with Crippen LogP contribution < -0.4 is 20.9 Å². The van der Waals surface area contributed by atoms with Gasteiger partial charge in [-0.25, -0.2) is 4.79 Å². The molecule has 2 aromatic carbocycles. The smallest absolute Gasteiger partial charge is 0.323 e. The zero-order valence-corrected chi connectivity index (χ0v) is 18.5. The molecule has 3 N–H and O–H groups in total. The van der Waals surface area contributed by atoms with Crippen molar-refractivity contribution in [3.63, 3.8) is 0 Å². The van der Waals surface area contributed by atoms with E-state index in [0.29, 0.717) is 31.0 Å². The Morgan fingerprint density at radius 3 is 2.53 bits per heavy atom. The van der Waals surface area contributed by atoms with Crippen LogP contribution >= 0.6 is 0 Å². The molecule has 0 aliphatic carbocycles. The number of rotatable bonds is 9. The lowest BCUT2D eigenvalue weighted by atomic mass is 10.1. The highest BCUT2D eigenvalue weighted by atomic mass is 16.5. The second-order valence-corrected chi connectivity index (χ2v) is 7.26. The van der Waals surface area contributed by atoms with Gasteiger partial charge in [0.1, 0.15) is 0 Å². The molecule has 0 saturated carbocycles. The first kappa shape index (κ1) is 23.2. The Bertz CT molecular complexity index is 881. The minimum atomic E-state index is -0.357. The summed E-state index contributed by atoms with van der Waals surface area (Å²) in [6.07, 6.45) is 0.743. The Kier molecular flexibility index (Phi) is 8.68. The van der Waals surface area contributed by atoms with E-state index in [-0.39, 0.29) is 11.9 Å². The summed E-state index contributed by atoms with van der Waals surface area (Å²) in [6, 6.07) is 10.7. The van der Waals surface area contributed by atoms with E-state index >= 15 is 0 Å². The molecule has 0 spiro atoms. The van der Waals surface area contributed by atoms with Crippen LogP contribution in [0.2, 0.25) is 0 Å². The van der Waals surface area contributed by atoms with Crippen molar-refractivity contribution in [1.29, 1.82) is 0 Å². The summed E-state index contributed by atoms with van der Waals surface area (Å²) in [5.74, 6) is -0.186. The first-order valence-corrected chi connectivity index (χ1v) is 10.1. The fourth-order valence-corrected chi connectivity index (χ4v) is 2.97. The number of nitrogens with zero attached hydrogens (tertiary/aromatic N) is 1. The molecule has 0 bridgehead atoms. The monoisotopic (exact) mass is 412 g/mol. The lowest BCUT2D eigenvalue weighted by Gasteiger charge is -2.19. The topological polar surface area (TPSA) is 82.7 Å². The number of amides is 3. The highest BCUT2D eigenvalue weighted by molar-refractivity contribution is 6.04. The van der Waals surface area contributed by atoms with Crippen molar-refractivity contribution in [2.45, 2.75) is 27.2 Å². The summed E-state index contributed by atoms with van der Waals surface area (Å²) in [7, 11) is 3.75. The maximum Gasteiger partial charge on any atom is 0.323 e. The van der Waals surface area contributed by atoms with Gasteiger partial charge in [-0.3, -0.25) is 4.79 Å². The first-order valence-electron chi connectivity index (χ1n) is 10.1. The van der Waals surface area contributed by atoms with Crippen molar-refractivity contribution in [1.82, 2.24) is 5.32 Å². The zero-order chi connectivity index (χ0) is 22.1. The Balaban J connectivity index is 2.09. The van der Waals surface area contributed by atoms with E-state index in [2.05, 4.69) is 16.0 Å². The lowest BCUT2D eigenvalue weighted by Crippen LogP contribution is -2.28. The lowest BCUT2D eigenvalue weighted by molar-refractivity contribution is 0.0944. The van der Waals surface area contributed by atoms with Crippen LogP contribution in [0.25, 0.3) is 0 Å². The number of aryl methyl sites for hydroxylation is 1. The molecule has 0 aromatic heterocycles. The van der Waals surface area contributed by atoms with Gasteiger partial charge in [0.25, 0.3) is 5.91 Å². The molecule has 2 aromatic rings. The van der Waals surface area contributed by atoms with Crippen LogP contribution in [0.15, 0.2) is 36.4 Å². The average molecular weight is 413 g/mol. The van der Waals surface area contributed by atoms with Crippen molar-refractivity contribution in [3.05, 3.63) is 53.1 Å². The molecule has 7 nitrogen and oxygen atoms in total. The summed E-state index contributed by atoms with van der Waals surface area (Å²) in [5.41, 5.74) is 4.69. The largest absolute Gasteiger partial charge is 0.382 e. The highest BCUT2D eigenvalue weighted by Gasteiger charge is 2.15. The highest BCUT2D eigenvalue weighted by Crippen LogP contribution is 2.24. The third-order valence-corrected chi connectivity index (χ3v) is 4.79. The minimum Gasteiger partial charge on any atom is -0.382 e. The molecule has 7 heteroatoms. The SMILES string of the molecule is CCOCCCNC(=O)c1cc(NC(=O)Nc2cccc(C)c2C)ccc1N(C)C. The Labute approximate surface area is 178 Å². The fraction of sp³-hybridized carbons (Fsp3) is 0.391.